The minimum Gasteiger partial charge on any atom is -0.461 e. The first-order valence-corrected chi connectivity index (χ1v) is 20.6. The van der Waals surface area contributed by atoms with E-state index in [2.05, 4.69) is 16.0 Å². The number of hydrogen-bond acceptors (Lipinski definition) is 8. The normalized spacial score (nSPS) is 25.9. The van der Waals surface area contributed by atoms with E-state index in [9.17, 15) is 42.3 Å². The number of nitrogens with zero attached hydrogens (tertiary/aromatic N) is 4. The SMILES string of the molecule is C[C@@H]1C[C@H]2C(=O)OC[C@H](NC(=O)[C@H](Cc3cc(F)cc(F)c3)NC(=O)Cc3ccc4ccn(C)c4c3)C(=O)N3CCC[C@H]3C(=O)N3CCCC[C@H]3C(=O)N[C@@H](C)C(=O)N2C1. The highest BCUT2D eigenvalue weighted by Gasteiger charge is 2.46. The molecule has 0 unspecified atom stereocenters. The second kappa shape index (κ2) is 17.8. The maximum Gasteiger partial charge on any atom is 0.328 e. The molecule has 0 aliphatic carbocycles. The molecule has 5 heterocycles. The monoisotopic (exact) mass is 831 g/mol. The number of nitrogens with one attached hydrogen (secondary N) is 3. The lowest BCUT2D eigenvalue weighted by Gasteiger charge is -2.39. The Morgan fingerprint density at radius 2 is 1.55 bits per heavy atom. The first-order valence-electron chi connectivity index (χ1n) is 20.6. The maximum absolute atomic E-state index is 14.6. The van der Waals surface area contributed by atoms with E-state index in [1.54, 1.807) is 6.07 Å². The predicted octanol–water partition coefficient (Wildman–Crippen LogP) is 1.88. The van der Waals surface area contributed by atoms with Crippen molar-refractivity contribution in [3.8, 4) is 0 Å². The van der Waals surface area contributed by atoms with Gasteiger partial charge in [-0.25, -0.2) is 13.6 Å². The van der Waals surface area contributed by atoms with Gasteiger partial charge in [0.05, 0.1) is 6.42 Å². The Hall–Kier alpha value is -5.87. The summed E-state index contributed by atoms with van der Waals surface area (Å²) in [6.45, 7) is 3.32. The molecule has 0 saturated carbocycles. The van der Waals surface area contributed by atoms with E-state index in [4.69, 9.17) is 4.74 Å². The molecule has 0 spiro atoms. The molecule has 60 heavy (non-hydrogen) atoms. The number of aromatic nitrogens is 1. The number of halogens is 2. The summed E-state index contributed by atoms with van der Waals surface area (Å²) in [6, 6.07) is 3.17. The van der Waals surface area contributed by atoms with Gasteiger partial charge < -0.3 is 40.0 Å². The minimum atomic E-state index is -1.58. The van der Waals surface area contributed by atoms with Crippen LogP contribution in [0.2, 0.25) is 0 Å². The van der Waals surface area contributed by atoms with Crippen molar-refractivity contribution in [1.29, 1.82) is 0 Å². The number of amides is 6. The Balaban J connectivity index is 1.19. The fourth-order valence-electron chi connectivity index (χ4n) is 9.01. The zero-order valence-corrected chi connectivity index (χ0v) is 34.0. The molecule has 2 aromatic carbocycles. The van der Waals surface area contributed by atoms with Crippen molar-refractivity contribution in [2.75, 3.05) is 26.2 Å². The Morgan fingerprint density at radius 3 is 2.32 bits per heavy atom. The summed E-state index contributed by atoms with van der Waals surface area (Å²) in [5.41, 5.74) is 1.57. The number of aryl methyl sites for hydroxylation is 1. The van der Waals surface area contributed by atoms with Crippen molar-refractivity contribution in [3.63, 3.8) is 0 Å². The number of benzene rings is 2. The van der Waals surface area contributed by atoms with E-state index >= 15 is 0 Å². The predicted molar refractivity (Wildman–Crippen MR) is 212 cm³/mol. The molecule has 0 bridgehead atoms. The lowest BCUT2D eigenvalue weighted by Crippen LogP contribution is -2.62. The van der Waals surface area contributed by atoms with Crippen LogP contribution >= 0.6 is 0 Å². The van der Waals surface area contributed by atoms with Crippen LogP contribution in [0.15, 0.2) is 48.7 Å². The Labute approximate surface area is 346 Å². The summed E-state index contributed by atoms with van der Waals surface area (Å²) in [6.07, 6.45) is 3.99. The van der Waals surface area contributed by atoms with Gasteiger partial charge in [-0.05, 0) is 92.1 Å². The van der Waals surface area contributed by atoms with Crippen LogP contribution in [0.1, 0.15) is 63.5 Å². The quantitative estimate of drug-likeness (QED) is 0.302. The van der Waals surface area contributed by atoms with Crippen molar-refractivity contribution in [3.05, 3.63) is 71.4 Å². The van der Waals surface area contributed by atoms with E-state index < -0.39 is 95.9 Å². The van der Waals surface area contributed by atoms with Gasteiger partial charge in [-0.15, -0.1) is 0 Å². The van der Waals surface area contributed by atoms with Gasteiger partial charge in [0.1, 0.15) is 54.5 Å². The van der Waals surface area contributed by atoms with Crippen LogP contribution in [-0.4, -0.2) is 123 Å². The molecule has 7 rings (SSSR count). The largest absolute Gasteiger partial charge is 0.461 e. The third-order valence-corrected chi connectivity index (χ3v) is 12.0. The molecule has 15 nitrogen and oxygen atoms in total. The molecular formula is C43H51F2N7O8. The van der Waals surface area contributed by atoms with Gasteiger partial charge in [0, 0.05) is 50.9 Å². The molecule has 6 amide bonds. The van der Waals surface area contributed by atoms with E-state index in [-0.39, 0.29) is 56.8 Å². The first-order chi connectivity index (χ1) is 28.7. The van der Waals surface area contributed by atoms with Crippen LogP contribution in [0.25, 0.3) is 10.9 Å². The highest BCUT2D eigenvalue weighted by Crippen LogP contribution is 2.28. The fourth-order valence-corrected chi connectivity index (χ4v) is 9.01. The molecule has 3 N–H and O–H groups in total. The molecular weight excluding hydrogens is 781 g/mol. The summed E-state index contributed by atoms with van der Waals surface area (Å²) < 4.78 is 36.4. The number of carbonyl (C=O) groups is 7. The van der Waals surface area contributed by atoms with Crippen LogP contribution < -0.4 is 16.0 Å². The van der Waals surface area contributed by atoms with Crippen molar-refractivity contribution < 1.29 is 47.1 Å². The number of piperidine rings is 1. The zero-order valence-electron chi connectivity index (χ0n) is 34.0. The zero-order chi connectivity index (χ0) is 42.8. The Morgan fingerprint density at radius 1 is 0.833 bits per heavy atom. The van der Waals surface area contributed by atoms with Crippen molar-refractivity contribution in [2.24, 2.45) is 13.0 Å². The third kappa shape index (κ3) is 9.14. The summed E-state index contributed by atoms with van der Waals surface area (Å²) in [7, 11) is 1.87. The number of carbonyl (C=O) groups excluding carboxylic acids is 7. The molecule has 0 radical (unpaired) electrons. The van der Waals surface area contributed by atoms with Crippen LogP contribution in [0.3, 0.4) is 0 Å². The van der Waals surface area contributed by atoms with Gasteiger partial charge in [-0.2, -0.15) is 0 Å². The van der Waals surface area contributed by atoms with E-state index in [0.29, 0.717) is 37.3 Å². The van der Waals surface area contributed by atoms with Crippen molar-refractivity contribution >= 4 is 52.3 Å². The molecule has 1 aromatic heterocycles. The number of fused-ring (bicyclic) bond motifs is 4. The molecule has 4 aliphatic heterocycles. The summed E-state index contributed by atoms with van der Waals surface area (Å²) >= 11 is 0. The van der Waals surface area contributed by atoms with Gasteiger partial charge in [0.15, 0.2) is 0 Å². The average molecular weight is 832 g/mol. The van der Waals surface area contributed by atoms with Crippen molar-refractivity contribution in [2.45, 2.75) is 101 Å². The Kier molecular flexibility index (Phi) is 12.5. The van der Waals surface area contributed by atoms with Crippen LogP contribution in [0.5, 0.6) is 0 Å². The van der Waals surface area contributed by atoms with Crippen LogP contribution in [0.4, 0.5) is 8.78 Å². The highest BCUT2D eigenvalue weighted by atomic mass is 19.1. The van der Waals surface area contributed by atoms with Crippen LogP contribution in [-0.2, 0) is 58.2 Å². The molecule has 17 heteroatoms. The van der Waals surface area contributed by atoms with Gasteiger partial charge in [0.25, 0.3) is 0 Å². The average Bonchev–Trinajstić information content (AvgIpc) is 3.96. The topological polar surface area (TPSA) is 179 Å². The fraction of sp³-hybridized carbons (Fsp3) is 0.512. The summed E-state index contributed by atoms with van der Waals surface area (Å²) in [5.74, 6) is -6.42. The second-order valence-corrected chi connectivity index (χ2v) is 16.6. The third-order valence-electron chi connectivity index (χ3n) is 12.0. The van der Waals surface area contributed by atoms with E-state index in [0.717, 1.165) is 23.0 Å². The maximum atomic E-state index is 14.6. The lowest BCUT2D eigenvalue weighted by molar-refractivity contribution is -0.158. The summed E-state index contributed by atoms with van der Waals surface area (Å²) in [5, 5.41) is 9.03. The smallest absolute Gasteiger partial charge is 0.328 e. The molecule has 4 saturated heterocycles. The van der Waals surface area contributed by atoms with Crippen LogP contribution in [0, 0.1) is 17.6 Å². The minimum absolute atomic E-state index is 0.0496. The standard InChI is InChI=1S/C43H51F2N7O8/c1-24-15-36-43(59)60-23-32(41(57)51-13-6-8-34(51)42(58)50-12-5-4-7-33(50)39(55)46-25(2)40(56)52(36)22-24)48-38(54)31(18-27-16-29(44)21-30(45)17-27)47-37(53)20-26-9-10-28-11-14-49(3)35(28)19-26/h9-11,14,16-17,19,21,24-25,31-34,36H,4-8,12-13,15,18,20,22-23H2,1-3H3,(H,46,55)(H,47,53)(H,48,54)/t24-,25+,31+,32+,33+,34+,36+/m1/s1. The number of rotatable bonds is 7. The highest BCUT2D eigenvalue weighted by molar-refractivity contribution is 5.98. The van der Waals surface area contributed by atoms with Gasteiger partial charge >= 0.3 is 5.97 Å². The van der Waals surface area contributed by atoms with Gasteiger partial charge in [0.2, 0.25) is 35.4 Å². The van der Waals surface area contributed by atoms with Gasteiger partial charge in [-0.1, -0.05) is 19.1 Å². The summed E-state index contributed by atoms with van der Waals surface area (Å²) in [4.78, 5) is 102. The number of esters is 1. The first kappa shape index (κ1) is 42.3. The van der Waals surface area contributed by atoms with Crippen molar-refractivity contribution in [1.82, 2.24) is 35.2 Å². The molecule has 7 atom stereocenters. The van der Waals surface area contributed by atoms with E-state index in [1.807, 2.05) is 42.9 Å². The second-order valence-electron chi connectivity index (χ2n) is 16.6. The molecule has 4 fully saturated rings. The number of hydrogen-bond donors (Lipinski definition) is 3. The van der Waals surface area contributed by atoms with Gasteiger partial charge in [-0.3, -0.25) is 28.8 Å². The number of cyclic esters (lactones) is 1. The van der Waals surface area contributed by atoms with E-state index in [1.165, 1.54) is 21.6 Å². The molecule has 3 aromatic rings. The molecule has 4 aliphatic rings. The molecule has 320 valence electrons. The Bertz CT molecular complexity index is 2180. The lowest BCUT2D eigenvalue weighted by atomic mass is 9.99. The number of ether oxygens (including phenoxy) is 1.